The molecule has 1 nitrogen and oxygen atoms in total. The van der Waals surface area contributed by atoms with E-state index in [2.05, 4.69) is 15.9 Å². The standard InChI is InChI=1S/C15H12BrF3O/c1-15(20,10-5-12(18)7-13(19)6-10)8-9-4-11(17)2-3-14(9)16/h2-7,20H,8H2,1H3. The molecule has 0 spiro atoms. The fraction of sp³-hybridized carbons (Fsp3) is 0.200. The van der Waals surface area contributed by atoms with Crippen molar-refractivity contribution >= 4 is 15.9 Å². The van der Waals surface area contributed by atoms with Crippen LogP contribution in [0, 0.1) is 17.5 Å². The summed E-state index contributed by atoms with van der Waals surface area (Å²) in [7, 11) is 0. The molecule has 20 heavy (non-hydrogen) atoms. The van der Waals surface area contributed by atoms with Crippen molar-refractivity contribution in [3.8, 4) is 0 Å². The van der Waals surface area contributed by atoms with Crippen molar-refractivity contribution < 1.29 is 18.3 Å². The number of hydrogen-bond donors (Lipinski definition) is 1. The predicted molar refractivity (Wildman–Crippen MR) is 73.7 cm³/mol. The van der Waals surface area contributed by atoms with Gasteiger partial charge in [-0.1, -0.05) is 15.9 Å². The van der Waals surface area contributed by atoms with Crippen molar-refractivity contribution in [2.45, 2.75) is 18.9 Å². The molecule has 106 valence electrons. The van der Waals surface area contributed by atoms with E-state index in [1.54, 1.807) is 0 Å². The highest BCUT2D eigenvalue weighted by molar-refractivity contribution is 9.10. The normalized spacial score (nSPS) is 14.1. The number of aliphatic hydroxyl groups is 1. The van der Waals surface area contributed by atoms with Crippen LogP contribution in [-0.2, 0) is 12.0 Å². The first-order valence-corrected chi connectivity index (χ1v) is 6.70. The average Bonchev–Trinajstić information content (AvgIpc) is 2.32. The minimum absolute atomic E-state index is 0.0221. The Labute approximate surface area is 123 Å². The summed E-state index contributed by atoms with van der Waals surface area (Å²) in [5.41, 5.74) is -0.898. The fourth-order valence-electron chi connectivity index (χ4n) is 2.02. The first kappa shape index (κ1) is 15.1. The molecule has 0 aliphatic carbocycles. The average molecular weight is 345 g/mol. The van der Waals surface area contributed by atoms with Crippen LogP contribution in [0.3, 0.4) is 0 Å². The van der Waals surface area contributed by atoms with Crippen LogP contribution in [0.4, 0.5) is 13.2 Å². The molecule has 2 aromatic carbocycles. The molecule has 0 saturated carbocycles. The van der Waals surface area contributed by atoms with E-state index in [9.17, 15) is 18.3 Å². The van der Waals surface area contributed by atoms with Crippen molar-refractivity contribution in [2.75, 3.05) is 0 Å². The number of hydrogen-bond acceptors (Lipinski definition) is 1. The first-order chi connectivity index (χ1) is 9.28. The van der Waals surface area contributed by atoms with Crippen molar-refractivity contribution in [1.29, 1.82) is 0 Å². The van der Waals surface area contributed by atoms with Gasteiger partial charge in [-0.3, -0.25) is 0 Å². The Kier molecular flexibility index (Phi) is 4.20. The van der Waals surface area contributed by atoms with Gasteiger partial charge < -0.3 is 5.11 Å². The quantitative estimate of drug-likeness (QED) is 0.879. The van der Waals surface area contributed by atoms with Gasteiger partial charge in [-0.2, -0.15) is 0 Å². The molecule has 1 unspecified atom stereocenters. The Morgan fingerprint density at radius 2 is 1.60 bits per heavy atom. The lowest BCUT2D eigenvalue weighted by molar-refractivity contribution is 0.0567. The van der Waals surface area contributed by atoms with E-state index in [4.69, 9.17) is 0 Å². The van der Waals surface area contributed by atoms with E-state index >= 15 is 0 Å². The minimum Gasteiger partial charge on any atom is -0.385 e. The zero-order valence-corrected chi connectivity index (χ0v) is 12.2. The van der Waals surface area contributed by atoms with Gasteiger partial charge >= 0.3 is 0 Å². The molecule has 0 amide bonds. The zero-order chi connectivity index (χ0) is 14.9. The van der Waals surface area contributed by atoms with Gasteiger partial charge in [0.1, 0.15) is 17.5 Å². The third-order valence-corrected chi connectivity index (χ3v) is 3.80. The monoisotopic (exact) mass is 344 g/mol. The van der Waals surface area contributed by atoms with E-state index in [1.807, 2.05) is 0 Å². The molecule has 0 aliphatic heterocycles. The smallest absolute Gasteiger partial charge is 0.126 e. The lowest BCUT2D eigenvalue weighted by Gasteiger charge is -2.24. The summed E-state index contributed by atoms with van der Waals surface area (Å²) in [6.07, 6.45) is 0.0221. The maximum absolute atomic E-state index is 13.2. The predicted octanol–water partition coefficient (Wildman–Crippen LogP) is 4.32. The van der Waals surface area contributed by atoms with Crippen LogP contribution in [0.2, 0.25) is 0 Å². The zero-order valence-electron chi connectivity index (χ0n) is 10.6. The Bertz CT molecular complexity index is 621. The van der Waals surface area contributed by atoms with E-state index < -0.39 is 23.1 Å². The molecule has 0 bridgehead atoms. The van der Waals surface area contributed by atoms with Gasteiger partial charge in [0.25, 0.3) is 0 Å². The van der Waals surface area contributed by atoms with Crippen LogP contribution in [0.25, 0.3) is 0 Å². The maximum Gasteiger partial charge on any atom is 0.126 e. The third-order valence-electron chi connectivity index (χ3n) is 3.03. The summed E-state index contributed by atoms with van der Waals surface area (Å²) in [4.78, 5) is 0. The van der Waals surface area contributed by atoms with Crippen molar-refractivity contribution in [2.24, 2.45) is 0 Å². The SMILES string of the molecule is CC(O)(Cc1cc(F)ccc1Br)c1cc(F)cc(F)c1. The van der Waals surface area contributed by atoms with Crippen LogP contribution in [0.1, 0.15) is 18.1 Å². The second-order valence-electron chi connectivity index (χ2n) is 4.84. The van der Waals surface area contributed by atoms with Crippen LogP contribution in [0.15, 0.2) is 40.9 Å². The lowest BCUT2D eigenvalue weighted by Crippen LogP contribution is -2.25. The second kappa shape index (κ2) is 5.58. The Hall–Kier alpha value is -1.33. The molecule has 0 aliphatic rings. The topological polar surface area (TPSA) is 20.2 Å². The summed E-state index contributed by atoms with van der Waals surface area (Å²) in [5, 5.41) is 10.4. The van der Waals surface area contributed by atoms with Crippen LogP contribution in [0.5, 0.6) is 0 Å². The molecule has 2 aromatic rings. The van der Waals surface area contributed by atoms with Crippen LogP contribution < -0.4 is 0 Å². The highest BCUT2D eigenvalue weighted by Crippen LogP contribution is 2.30. The molecular weight excluding hydrogens is 333 g/mol. The van der Waals surface area contributed by atoms with E-state index in [0.717, 1.165) is 18.2 Å². The van der Waals surface area contributed by atoms with Gasteiger partial charge in [0.05, 0.1) is 5.60 Å². The van der Waals surface area contributed by atoms with Crippen molar-refractivity contribution in [3.63, 3.8) is 0 Å². The van der Waals surface area contributed by atoms with E-state index in [-0.39, 0.29) is 12.0 Å². The maximum atomic E-state index is 13.2. The Morgan fingerprint density at radius 1 is 1.00 bits per heavy atom. The van der Waals surface area contributed by atoms with E-state index in [0.29, 0.717) is 10.0 Å². The summed E-state index contributed by atoms with van der Waals surface area (Å²) < 4.78 is 40.3. The highest BCUT2D eigenvalue weighted by Gasteiger charge is 2.26. The summed E-state index contributed by atoms with van der Waals surface area (Å²) in [5.74, 6) is -1.97. The molecule has 0 aromatic heterocycles. The van der Waals surface area contributed by atoms with Gasteiger partial charge in [0, 0.05) is 17.0 Å². The number of halogens is 4. The minimum atomic E-state index is -1.51. The summed E-state index contributed by atoms with van der Waals surface area (Å²) in [6, 6.07) is 6.94. The van der Waals surface area contributed by atoms with Gasteiger partial charge in [-0.25, -0.2) is 13.2 Å². The van der Waals surface area contributed by atoms with Gasteiger partial charge in [-0.05, 0) is 48.4 Å². The molecule has 1 atom stereocenters. The molecule has 0 saturated heterocycles. The molecule has 5 heteroatoms. The lowest BCUT2D eigenvalue weighted by atomic mass is 9.89. The fourth-order valence-corrected chi connectivity index (χ4v) is 2.40. The molecule has 0 radical (unpaired) electrons. The van der Waals surface area contributed by atoms with E-state index in [1.165, 1.54) is 25.1 Å². The van der Waals surface area contributed by atoms with Crippen molar-refractivity contribution in [3.05, 3.63) is 69.4 Å². The largest absolute Gasteiger partial charge is 0.385 e. The molecule has 0 fully saturated rings. The summed E-state index contributed by atoms with van der Waals surface area (Å²) in [6.45, 7) is 1.43. The molecule has 1 N–H and O–H groups in total. The molecule has 2 rings (SSSR count). The number of rotatable bonds is 3. The first-order valence-electron chi connectivity index (χ1n) is 5.91. The Morgan fingerprint density at radius 3 is 2.20 bits per heavy atom. The summed E-state index contributed by atoms with van der Waals surface area (Å²) >= 11 is 3.26. The molecule has 0 heterocycles. The second-order valence-corrected chi connectivity index (χ2v) is 5.70. The van der Waals surface area contributed by atoms with Gasteiger partial charge in [0.2, 0.25) is 0 Å². The van der Waals surface area contributed by atoms with Crippen molar-refractivity contribution in [1.82, 2.24) is 0 Å². The van der Waals surface area contributed by atoms with Crippen LogP contribution >= 0.6 is 15.9 Å². The molecular formula is C15H12BrF3O. The van der Waals surface area contributed by atoms with Gasteiger partial charge in [0.15, 0.2) is 0 Å². The third kappa shape index (κ3) is 3.41. The number of benzene rings is 2. The Balaban J connectivity index is 2.37. The van der Waals surface area contributed by atoms with Gasteiger partial charge in [-0.15, -0.1) is 0 Å². The van der Waals surface area contributed by atoms with Crippen LogP contribution in [-0.4, -0.2) is 5.11 Å². The highest BCUT2D eigenvalue weighted by atomic mass is 79.9.